The second kappa shape index (κ2) is 7.34. The molecule has 2 atom stereocenters. The largest absolute Gasteiger partial charge is 0.342 e. The fraction of sp³-hybridized carbons (Fsp3) is 0.316. The lowest BCUT2D eigenvalue weighted by Crippen LogP contribution is -2.32. The van der Waals surface area contributed by atoms with Crippen LogP contribution in [0.2, 0.25) is 0 Å². The van der Waals surface area contributed by atoms with Crippen LogP contribution in [0.4, 0.5) is 0 Å². The minimum atomic E-state index is -0.163. The number of amides is 1. The van der Waals surface area contributed by atoms with Crippen molar-refractivity contribution in [2.24, 2.45) is 13.0 Å². The van der Waals surface area contributed by atoms with Crippen molar-refractivity contribution in [2.45, 2.75) is 26.3 Å². The highest BCUT2D eigenvalue weighted by molar-refractivity contribution is 5.92. The standard InChI is InChI=1S/C19H23N5O/c1-4-13(2)18(19-21-15-7-5-6-8-16(15)22-19)23-17(25)10-9-14-11-20-24(3)12-14/h5-13,18H,4H2,1-3H3,(H,21,22)(H,23,25)/b10-9+/t13-,18+/m0/s1. The molecule has 0 unspecified atom stereocenters. The van der Waals surface area contributed by atoms with Crippen LogP contribution in [-0.4, -0.2) is 25.7 Å². The maximum atomic E-state index is 12.4. The average molecular weight is 337 g/mol. The van der Waals surface area contributed by atoms with E-state index in [1.54, 1.807) is 17.0 Å². The van der Waals surface area contributed by atoms with Crippen LogP contribution in [0, 0.1) is 5.92 Å². The topological polar surface area (TPSA) is 75.6 Å². The van der Waals surface area contributed by atoms with Gasteiger partial charge in [0.05, 0.1) is 23.3 Å². The number of fused-ring (bicyclic) bond motifs is 1. The molecule has 0 bridgehead atoms. The zero-order chi connectivity index (χ0) is 17.8. The molecule has 0 saturated carbocycles. The predicted octanol–water partition coefficient (Wildman–Crippen LogP) is 3.21. The first-order chi connectivity index (χ1) is 12.1. The normalized spacial score (nSPS) is 14.0. The molecular weight excluding hydrogens is 314 g/mol. The summed E-state index contributed by atoms with van der Waals surface area (Å²) >= 11 is 0. The molecule has 0 radical (unpaired) electrons. The summed E-state index contributed by atoms with van der Waals surface area (Å²) in [5.41, 5.74) is 2.78. The van der Waals surface area contributed by atoms with Crippen molar-refractivity contribution in [3.63, 3.8) is 0 Å². The summed E-state index contributed by atoms with van der Waals surface area (Å²) in [5, 5.41) is 7.16. The summed E-state index contributed by atoms with van der Waals surface area (Å²) in [6.07, 6.45) is 7.81. The predicted molar refractivity (Wildman–Crippen MR) is 98.7 cm³/mol. The molecule has 6 heteroatoms. The van der Waals surface area contributed by atoms with Gasteiger partial charge in [-0.05, 0) is 24.1 Å². The van der Waals surface area contributed by atoms with Gasteiger partial charge in [-0.25, -0.2) is 4.98 Å². The van der Waals surface area contributed by atoms with Gasteiger partial charge in [0, 0.05) is 24.9 Å². The molecule has 0 spiro atoms. The van der Waals surface area contributed by atoms with Crippen LogP contribution in [0.5, 0.6) is 0 Å². The Bertz CT molecular complexity index is 859. The minimum absolute atomic E-state index is 0.144. The number of benzene rings is 1. The van der Waals surface area contributed by atoms with Crippen LogP contribution in [0.25, 0.3) is 17.1 Å². The van der Waals surface area contributed by atoms with Crippen LogP contribution in [0.3, 0.4) is 0 Å². The van der Waals surface area contributed by atoms with E-state index in [2.05, 4.69) is 34.2 Å². The van der Waals surface area contributed by atoms with Crippen molar-refractivity contribution in [3.8, 4) is 0 Å². The molecule has 2 N–H and O–H groups in total. The molecule has 0 aliphatic rings. The fourth-order valence-corrected chi connectivity index (χ4v) is 2.74. The van der Waals surface area contributed by atoms with E-state index in [0.717, 1.165) is 28.8 Å². The Morgan fingerprint density at radius 1 is 1.40 bits per heavy atom. The van der Waals surface area contributed by atoms with E-state index in [0.29, 0.717) is 0 Å². The van der Waals surface area contributed by atoms with E-state index in [1.165, 1.54) is 6.08 Å². The third-order valence-corrected chi connectivity index (χ3v) is 4.37. The lowest BCUT2D eigenvalue weighted by Gasteiger charge is -2.21. The van der Waals surface area contributed by atoms with Gasteiger partial charge in [-0.2, -0.15) is 5.10 Å². The molecule has 0 aliphatic carbocycles. The fourth-order valence-electron chi connectivity index (χ4n) is 2.74. The molecule has 6 nitrogen and oxygen atoms in total. The molecule has 0 saturated heterocycles. The molecule has 2 heterocycles. The van der Waals surface area contributed by atoms with Crippen molar-refractivity contribution in [2.75, 3.05) is 0 Å². The first kappa shape index (κ1) is 17.0. The van der Waals surface area contributed by atoms with Gasteiger partial charge >= 0.3 is 0 Å². The van der Waals surface area contributed by atoms with Crippen molar-refractivity contribution >= 4 is 23.0 Å². The smallest absolute Gasteiger partial charge is 0.244 e. The maximum absolute atomic E-state index is 12.4. The summed E-state index contributed by atoms with van der Waals surface area (Å²) in [4.78, 5) is 20.4. The Morgan fingerprint density at radius 3 is 2.88 bits per heavy atom. The Morgan fingerprint density at radius 2 is 2.20 bits per heavy atom. The molecule has 25 heavy (non-hydrogen) atoms. The Hall–Kier alpha value is -2.89. The zero-order valence-electron chi connectivity index (χ0n) is 14.7. The second-order valence-electron chi connectivity index (χ2n) is 6.29. The van der Waals surface area contributed by atoms with Crippen LogP contribution in [0.1, 0.15) is 37.7 Å². The first-order valence-electron chi connectivity index (χ1n) is 8.48. The van der Waals surface area contributed by atoms with E-state index < -0.39 is 0 Å². The number of hydrogen-bond donors (Lipinski definition) is 2. The quantitative estimate of drug-likeness (QED) is 0.678. The number of carbonyl (C=O) groups excluding carboxylic acids is 1. The summed E-state index contributed by atoms with van der Waals surface area (Å²) in [5.74, 6) is 0.907. The number of imidazole rings is 1. The first-order valence-corrected chi connectivity index (χ1v) is 8.48. The van der Waals surface area contributed by atoms with Gasteiger partial charge in [-0.1, -0.05) is 32.4 Å². The number of aromatic nitrogens is 4. The zero-order valence-corrected chi connectivity index (χ0v) is 14.7. The lowest BCUT2D eigenvalue weighted by molar-refractivity contribution is -0.117. The van der Waals surface area contributed by atoms with E-state index in [4.69, 9.17) is 0 Å². The monoisotopic (exact) mass is 337 g/mol. The van der Waals surface area contributed by atoms with E-state index in [9.17, 15) is 4.79 Å². The molecule has 2 aromatic heterocycles. The van der Waals surface area contributed by atoms with Crippen molar-refractivity contribution in [3.05, 3.63) is 54.1 Å². The number of aryl methyl sites for hydroxylation is 1. The Labute approximate surface area is 147 Å². The number of nitrogens with one attached hydrogen (secondary N) is 2. The van der Waals surface area contributed by atoms with Crippen molar-refractivity contribution < 1.29 is 4.79 Å². The maximum Gasteiger partial charge on any atom is 0.244 e. The van der Waals surface area contributed by atoms with Gasteiger partial charge in [0.1, 0.15) is 5.82 Å². The van der Waals surface area contributed by atoms with Gasteiger partial charge in [0.2, 0.25) is 5.91 Å². The summed E-state index contributed by atoms with van der Waals surface area (Å²) in [6, 6.07) is 7.72. The van der Waals surface area contributed by atoms with Crippen LogP contribution >= 0.6 is 0 Å². The van der Waals surface area contributed by atoms with E-state index >= 15 is 0 Å². The number of aromatic amines is 1. The van der Waals surface area contributed by atoms with E-state index in [-0.39, 0.29) is 17.9 Å². The molecule has 0 aliphatic heterocycles. The van der Waals surface area contributed by atoms with Crippen LogP contribution < -0.4 is 5.32 Å². The lowest BCUT2D eigenvalue weighted by atomic mass is 9.98. The highest BCUT2D eigenvalue weighted by Gasteiger charge is 2.22. The van der Waals surface area contributed by atoms with Gasteiger partial charge in [-0.3, -0.25) is 9.48 Å². The van der Waals surface area contributed by atoms with Crippen molar-refractivity contribution in [1.29, 1.82) is 0 Å². The van der Waals surface area contributed by atoms with Gasteiger partial charge < -0.3 is 10.3 Å². The highest BCUT2D eigenvalue weighted by atomic mass is 16.1. The van der Waals surface area contributed by atoms with Crippen molar-refractivity contribution in [1.82, 2.24) is 25.1 Å². The third kappa shape index (κ3) is 3.96. The molecular formula is C19H23N5O. The number of hydrogen-bond acceptors (Lipinski definition) is 3. The van der Waals surface area contributed by atoms with Gasteiger partial charge in [0.25, 0.3) is 0 Å². The number of nitrogens with zero attached hydrogens (tertiary/aromatic N) is 3. The summed E-state index contributed by atoms with van der Waals surface area (Å²) in [6.45, 7) is 4.22. The summed E-state index contributed by atoms with van der Waals surface area (Å²) in [7, 11) is 1.85. The van der Waals surface area contributed by atoms with E-state index in [1.807, 2.05) is 37.5 Å². The second-order valence-corrected chi connectivity index (χ2v) is 6.29. The average Bonchev–Trinajstić information content (AvgIpc) is 3.22. The summed E-state index contributed by atoms with van der Waals surface area (Å²) < 4.78 is 1.70. The number of H-pyrrole nitrogens is 1. The molecule has 3 aromatic rings. The molecule has 0 fully saturated rings. The van der Waals surface area contributed by atoms with Gasteiger partial charge in [0.15, 0.2) is 0 Å². The van der Waals surface area contributed by atoms with Crippen LogP contribution in [0.15, 0.2) is 42.7 Å². The molecule has 3 rings (SSSR count). The Balaban J connectivity index is 1.78. The van der Waals surface area contributed by atoms with Gasteiger partial charge in [-0.15, -0.1) is 0 Å². The number of carbonyl (C=O) groups is 1. The SMILES string of the molecule is CC[C@H](C)[C@@H](NC(=O)/C=C/c1cnn(C)c1)c1nc2ccccc2[nH]1. The number of rotatable bonds is 6. The molecule has 1 aromatic carbocycles. The molecule has 130 valence electrons. The minimum Gasteiger partial charge on any atom is -0.342 e. The third-order valence-electron chi connectivity index (χ3n) is 4.37. The molecule has 1 amide bonds. The van der Waals surface area contributed by atoms with Crippen LogP contribution in [-0.2, 0) is 11.8 Å². The number of para-hydroxylation sites is 2. The Kier molecular flexibility index (Phi) is 4.97. The highest BCUT2D eigenvalue weighted by Crippen LogP contribution is 2.24.